The quantitative estimate of drug-likeness (QED) is 0.840. The van der Waals surface area contributed by atoms with Crippen LogP contribution in [0.5, 0.6) is 0 Å². The Morgan fingerprint density at radius 2 is 2.00 bits per heavy atom. The smallest absolute Gasteiger partial charge is 0.226 e. The van der Waals surface area contributed by atoms with Crippen molar-refractivity contribution >= 4 is 5.91 Å². The monoisotopic (exact) mass is 290 g/mol. The van der Waals surface area contributed by atoms with Gasteiger partial charge in [0.05, 0.1) is 6.10 Å². The van der Waals surface area contributed by atoms with Crippen LogP contribution in [0.15, 0.2) is 30.3 Å². The van der Waals surface area contributed by atoms with Gasteiger partial charge in [-0.3, -0.25) is 4.79 Å². The number of carbonyl (C=O) groups is 1. The zero-order valence-corrected chi connectivity index (χ0v) is 12.8. The zero-order valence-electron chi connectivity index (χ0n) is 12.8. The number of aliphatic hydroxyl groups excluding tert-OH is 1. The summed E-state index contributed by atoms with van der Waals surface area (Å²) < 4.78 is 0. The molecular weight excluding hydrogens is 264 g/mol. The van der Waals surface area contributed by atoms with E-state index in [1.807, 2.05) is 42.2 Å². The zero-order chi connectivity index (χ0) is 15.1. The number of piperidine rings is 1. The normalized spacial score (nSPS) is 17.4. The van der Waals surface area contributed by atoms with E-state index in [9.17, 15) is 9.90 Å². The first-order chi connectivity index (χ1) is 10.2. The Balaban J connectivity index is 2.05. The number of benzene rings is 1. The van der Waals surface area contributed by atoms with Crippen LogP contribution in [0.25, 0.3) is 0 Å². The molecule has 1 aliphatic heterocycles. The molecule has 2 rings (SSSR count). The number of carbonyl (C=O) groups excluding carboxylic acids is 1. The lowest BCUT2D eigenvalue weighted by molar-refractivity contribution is -0.138. The fourth-order valence-corrected chi connectivity index (χ4v) is 2.75. The Morgan fingerprint density at radius 3 is 2.62 bits per heavy atom. The summed E-state index contributed by atoms with van der Waals surface area (Å²) in [4.78, 5) is 14.6. The van der Waals surface area contributed by atoms with Crippen LogP contribution in [0.2, 0.25) is 0 Å². The first kappa shape index (κ1) is 16.0. The SMILES string of the molecule is CCC(O)CN(Cc1ccccc1)C(=O)C1CCNCC1. The molecule has 0 aromatic heterocycles. The lowest BCUT2D eigenvalue weighted by Crippen LogP contribution is -2.43. The van der Waals surface area contributed by atoms with Crippen molar-refractivity contribution in [1.29, 1.82) is 0 Å². The minimum Gasteiger partial charge on any atom is -0.391 e. The molecule has 1 aromatic rings. The van der Waals surface area contributed by atoms with E-state index in [1.165, 1.54) is 0 Å². The standard InChI is InChI=1S/C17H26N2O2/c1-2-16(20)13-19(12-14-6-4-3-5-7-14)17(21)15-8-10-18-11-9-15/h3-7,15-16,18,20H,2,8-13H2,1H3. The fourth-order valence-electron chi connectivity index (χ4n) is 2.75. The number of nitrogens with zero attached hydrogens (tertiary/aromatic N) is 1. The van der Waals surface area contributed by atoms with E-state index in [4.69, 9.17) is 0 Å². The van der Waals surface area contributed by atoms with Gasteiger partial charge >= 0.3 is 0 Å². The van der Waals surface area contributed by atoms with Crippen LogP contribution in [0.4, 0.5) is 0 Å². The number of aliphatic hydroxyl groups is 1. The second kappa shape index (κ2) is 8.15. The van der Waals surface area contributed by atoms with E-state index in [1.54, 1.807) is 0 Å². The summed E-state index contributed by atoms with van der Waals surface area (Å²) >= 11 is 0. The van der Waals surface area contributed by atoms with E-state index >= 15 is 0 Å². The number of hydrogen-bond acceptors (Lipinski definition) is 3. The highest BCUT2D eigenvalue weighted by Crippen LogP contribution is 2.18. The van der Waals surface area contributed by atoms with Crippen molar-refractivity contribution in [3.05, 3.63) is 35.9 Å². The average Bonchev–Trinajstić information content (AvgIpc) is 2.55. The van der Waals surface area contributed by atoms with Crippen LogP contribution in [0.1, 0.15) is 31.7 Å². The minimum atomic E-state index is -0.445. The molecule has 0 bridgehead atoms. The molecule has 1 unspecified atom stereocenters. The third-order valence-electron chi connectivity index (χ3n) is 4.12. The lowest BCUT2D eigenvalue weighted by atomic mass is 9.96. The van der Waals surface area contributed by atoms with Crippen LogP contribution in [-0.2, 0) is 11.3 Å². The van der Waals surface area contributed by atoms with Gasteiger partial charge in [-0.1, -0.05) is 37.3 Å². The topological polar surface area (TPSA) is 52.6 Å². The molecule has 2 N–H and O–H groups in total. The van der Waals surface area contributed by atoms with Crippen LogP contribution >= 0.6 is 0 Å². The second-order valence-corrected chi connectivity index (χ2v) is 5.79. The van der Waals surface area contributed by atoms with Crippen molar-refractivity contribution < 1.29 is 9.90 Å². The van der Waals surface area contributed by atoms with Gasteiger partial charge in [0.25, 0.3) is 0 Å². The molecule has 0 aliphatic carbocycles. The molecule has 21 heavy (non-hydrogen) atoms. The molecule has 116 valence electrons. The van der Waals surface area contributed by atoms with E-state index in [-0.39, 0.29) is 11.8 Å². The highest BCUT2D eigenvalue weighted by molar-refractivity contribution is 5.79. The Labute approximate surface area is 127 Å². The molecular formula is C17H26N2O2. The predicted molar refractivity (Wildman–Crippen MR) is 83.8 cm³/mol. The van der Waals surface area contributed by atoms with Crippen LogP contribution < -0.4 is 5.32 Å². The Morgan fingerprint density at radius 1 is 1.33 bits per heavy atom. The number of hydrogen-bond donors (Lipinski definition) is 2. The average molecular weight is 290 g/mol. The number of rotatable bonds is 6. The highest BCUT2D eigenvalue weighted by atomic mass is 16.3. The van der Waals surface area contributed by atoms with Crippen LogP contribution in [0.3, 0.4) is 0 Å². The highest BCUT2D eigenvalue weighted by Gasteiger charge is 2.26. The van der Waals surface area contributed by atoms with E-state index < -0.39 is 6.10 Å². The lowest BCUT2D eigenvalue weighted by Gasteiger charge is -2.31. The third-order valence-corrected chi connectivity index (χ3v) is 4.12. The maximum atomic E-state index is 12.7. The third kappa shape index (κ3) is 4.83. The first-order valence-corrected chi connectivity index (χ1v) is 7.92. The summed E-state index contributed by atoms with van der Waals surface area (Å²) in [5, 5.41) is 13.2. The minimum absolute atomic E-state index is 0.0963. The van der Waals surface area contributed by atoms with E-state index in [0.717, 1.165) is 31.5 Å². The van der Waals surface area contributed by atoms with Crippen molar-refractivity contribution in [2.24, 2.45) is 5.92 Å². The van der Waals surface area contributed by atoms with Crippen molar-refractivity contribution in [3.8, 4) is 0 Å². The van der Waals surface area contributed by atoms with Crippen LogP contribution in [0, 0.1) is 5.92 Å². The van der Waals surface area contributed by atoms with Crippen molar-refractivity contribution in [2.75, 3.05) is 19.6 Å². The molecule has 0 radical (unpaired) electrons. The first-order valence-electron chi connectivity index (χ1n) is 7.92. The fraction of sp³-hybridized carbons (Fsp3) is 0.588. The van der Waals surface area contributed by atoms with Gasteiger partial charge in [-0.15, -0.1) is 0 Å². The van der Waals surface area contributed by atoms with E-state index in [0.29, 0.717) is 19.5 Å². The maximum absolute atomic E-state index is 12.7. The summed E-state index contributed by atoms with van der Waals surface area (Å²) in [5.41, 5.74) is 1.11. The number of amides is 1. The molecule has 1 heterocycles. The molecule has 1 aromatic carbocycles. The summed E-state index contributed by atoms with van der Waals surface area (Å²) in [5.74, 6) is 0.284. The Hall–Kier alpha value is -1.39. The van der Waals surface area contributed by atoms with Gasteiger partial charge in [0.1, 0.15) is 0 Å². The number of nitrogens with one attached hydrogen (secondary N) is 1. The molecule has 0 spiro atoms. The summed E-state index contributed by atoms with van der Waals surface area (Å²) in [6, 6.07) is 10.0. The van der Waals surface area contributed by atoms with Gasteiger partial charge in [-0.25, -0.2) is 0 Å². The second-order valence-electron chi connectivity index (χ2n) is 5.79. The van der Waals surface area contributed by atoms with Gasteiger partial charge in [0.15, 0.2) is 0 Å². The Bertz CT molecular complexity index is 430. The summed E-state index contributed by atoms with van der Waals surface area (Å²) in [6.45, 7) is 4.77. The molecule has 1 aliphatic rings. The largest absolute Gasteiger partial charge is 0.391 e. The molecule has 4 nitrogen and oxygen atoms in total. The Kier molecular flexibility index (Phi) is 6.21. The predicted octanol–water partition coefficient (Wildman–Crippen LogP) is 1.79. The van der Waals surface area contributed by atoms with Crippen molar-refractivity contribution in [1.82, 2.24) is 10.2 Å². The molecule has 1 fully saturated rings. The molecule has 0 saturated carbocycles. The van der Waals surface area contributed by atoms with Crippen molar-refractivity contribution in [2.45, 2.75) is 38.8 Å². The molecule has 1 atom stereocenters. The molecule has 1 amide bonds. The maximum Gasteiger partial charge on any atom is 0.226 e. The van der Waals surface area contributed by atoms with Crippen LogP contribution in [-0.4, -0.2) is 41.7 Å². The summed E-state index contributed by atoms with van der Waals surface area (Å²) in [6.07, 6.45) is 2.02. The summed E-state index contributed by atoms with van der Waals surface area (Å²) in [7, 11) is 0. The molecule has 1 saturated heterocycles. The van der Waals surface area contributed by atoms with Gasteiger partial charge in [0.2, 0.25) is 5.91 Å². The van der Waals surface area contributed by atoms with E-state index in [2.05, 4.69) is 5.32 Å². The van der Waals surface area contributed by atoms with Crippen molar-refractivity contribution in [3.63, 3.8) is 0 Å². The molecule has 4 heteroatoms. The van der Waals surface area contributed by atoms with Gasteiger partial charge < -0.3 is 15.3 Å². The van der Waals surface area contributed by atoms with Gasteiger partial charge in [-0.2, -0.15) is 0 Å². The van der Waals surface area contributed by atoms with Gasteiger partial charge in [-0.05, 0) is 37.9 Å². The van der Waals surface area contributed by atoms with Gasteiger partial charge in [0, 0.05) is 19.0 Å².